The maximum absolute atomic E-state index is 2.50. The van der Waals surface area contributed by atoms with Gasteiger partial charge in [-0.05, 0) is 94.1 Å². The van der Waals surface area contributed by atoms with E-state index in [2.05, 4.69) is 134 Å². The zero-order valence-corrected chi connectivity index (χ0v) is 21.0. The maximum atomic E-state index is 2.50. The Bertz CT molecular complexity index is 1550. The zero-order valence-electron chi connectivity index (χ0n) is 21.0. The molecule has 2 atom stereocenters. The quantitative estimate of drug-likeness (QED) is 0.255. The van der Waals surface area contributed by atoms with Crippen molar-refractivity contribution in [2.75, 3.05) is 4.90 Å². The molecule has 5 aromatic carbocycles. The van der Waals surface area contributed by atoms with E-state index in [9.17, 15) is 0 Å². The molecule has 1 fully saturated rings. The first-order chi connectivity index (χ1) is 17.5. The van der Waals surface area contributed by atoms with E-state index in [-0.39, 0.29) is 0 Å². The first-order valence-electron chi connectivity index (χ1n) is 13.1. The number of anilines is 3. The summed E-state index contributed by atoms with van der Waals surface area (Å²) in [5, 5.41) is 2.52. The summed E-state index contributed by atoms with van der Waals surface area (Å²) >= 11 is 0. The van der Waals surface area contributed by atoms with Crippen LogP contribution in [0.1, 0.15) is 44.2 Å². The summed E-state index contributed by atoms with van der Waals surface area (Å²) < 4.78 is 0. The van der Waals surface area contributed by atoms with Crippen LogP contribution < -0.4 is 4.90 Å². The van der Waals surface area contributed by atoms with Crippen LogP contribution in [-0.4, -0.2) is 0 Å². The van der Waals surface area contributed by atoms with Gasteiger partial charge in [0.25, 0.3) is 0 Å². The highest BCUT2D eigenvalue weighted by Gasteiger charge is 2.52. The van der Waals surface area contributed by atoms with Crippen LogP contribution >= 0.6 is 0 Å². The van der Waals surface area contributed by atoms with Crippen molar-refractivity contribution >= 4 is 27.8 Å². The summed E-state index contributed by atoms with van der Waals surface area (Å²) in [6.45, 7) is 4.95. The average Bonchev–Trinajstić information content (AvgIpc) is 3.37. The molecule has 0 spiro atoms. The summed E-state index contributed by atoms with van der Waals surface area (Å²) in [6.07, 6.45) is 3.91. The maximum Gasteiger partial charge on any atom is 0.0546 e. The van der Waals surface area contributed by atoms with E-state index in [4.69, 9.17) is 0 Å². The van der Waals surface area contributed by atoms with Crippen molar-refractivity contribution in [3.05, 3.63) is 126 Å². The zero-order chi connectivity index (χ0) is 24.3. The number of rotatable bonds is 4. The van der Waals surface area contributed by atoms with Gasteiger partial charge in [0.1, 0.15) is 0 Å². The highest BCUT2D eigenvalue weighted by atomic mass is 15.1. The third-order valence-corrected chi connectivity index (χ3v) is 8.77. The van der Waals surface area contributed by atoms with Crippen molar-refractivity contribution < 1.29 is 0 Å². The molecule has 0 aliphatic heterocycles. The van der Waals surface area contributed by atoms with Crippen LogP contribution in [-0.2, 0) is 10.8 Å². The largest absolute Gasteiger partial charge is 0.310 e. The van der Waals surface area contributed by atoms with Gasteiger partial charge >= 0.3 is 0 Å². The van der Waals surface area contributed by atoms with Crippen LogP contribution in [0.2, 0.25) is 0 Å². The molecule has 176 valence electrons. The highest BCUT2D eigenvalue weighted by molar-refractivity contribution is 6.02. The molecule has 0 amide bonds. The average molecular weight is 466 g/mol. The molecule has 5 aromatic rings. The predicted octanol–water partition coefficient (Wildman–Crippen LogP) is 9.69. The van der Waals surface area contributed by atoms with Crippen molar-refractivity contribution in [2.24, 2.45) is 0 Å². The number of nitrogens with zero attached hydrogens (tertiary/aromatic N) is 1. The summed E-state index contributed by atoms with van der Waals surface area (Å²) in [5.74, 6) is 0. The molecular formula is C35H31N. The second kappa shape index (κ2) is 7.83. The third kappa shape index (κ3) is 3.23. The van der Waals surface area contributed by atoms with Gasteiger partial charge in [0.05, 0.1) is 5.69 Å². The van der Waals surface area contributed by atoms with Gasteiger partial charge in [-0.25, -0.2) is 0 Å². The van der Waals surface area contributed by atoms with E-state index in [1.54, 1.807) is 11.1 Å². The van der Waals surface area contributed by atoms with E-state index in [0.717, 1.165) is 11.4 Å². The van der Waals surface area contributed by atoms with Gasteiger partial charge in [0.15, 0.2) is 0 Å². The Labute approximate surface area is 214 Å². The Hall–Kier alpha value is -3.84. The minimum atomic E-state index is 0.319. The van der Waals surface area contributed by atoms with E-state index in [1.807, 2.05) is 0 Å². The van der Waals surface area contributed by atoms with Crippen LogP contribution in [0.4, 0.5) is 17.1 Å². The minimum absolute atomic E-state index is 0.319. The topological polar surface area (TPSA) is 3.24 Å². The van der Waals surface area contributed by atoms with Crippen LogP contribution in [0.5, 0.6) is 0 Å². The lowest BCUT2D eigenvalue weighted by Gasteiger charge is -2.29. The first-order valence-corrected chi connectivity index (χ1v) is 13.1. The molecule has 2 unspecified atom stereocenters. The Morgan fingerprint density at radius 2 is 1.17 bits per heavy atom. The van der Waals surface area contributed by atoms with Gasteiger partial charge in [-0.15, -0.1) is 0 Å². The molecule has 2 aliphatic rings. The number of para-hydroxylation sites is 2. The molecule has 1 saturated carbocycles. The lowest BCUT2D eigenvalue weighted by molar-refractivity contribution is 0.484. The molecule has 1 nitrogen and oxygen atoms in total. The molecule has 1 heteroatoms. The van der Waals surface area contributed by atoms with Gasteiger partial charge in [-0.2, -0.15) is 0 Å². The lowest BCUT2D eigenvalue weighted by atomic mass is 9.77. The van der Waals surface area contributed by atoms with Crippen molar-refractivity contribution in [1.82, 2.24) is 0 Å². The summed E-state index contributed by atoms with van der Waals surface area (Å²) in [7, 11) is 0. The fourth-order valence-corrected chi connectivity index (χ4v) is 7.02. The van der Waals surface area contributed by atoms with Gasteiger partial charge in [-0.1, -0.05) is 92.7 Å². The van der Waals surface area contributed by atoms with E-state index in [1.165, 1.54) is 46.8 Å². The Balaban J connectivity index is 1.45. The molecule has 0 heterocycles. The molecule has 0 aromatic heterocycles. The van der Waals surface area contributed by atoms with E-state index in [0.29, 0.717) is 10.8 Å². The fraction of sp³-hybridized carbons (Fsp3) is 0.200. The number of hydrogen-bond acceptors (Lipinski definition) is 1. The number of hydrogen-bond donors (Lipinski definition) is 0. The van der Waals surface area contributed by atoms with Gasteiger partial charge in [0.2, 0.25) is 0 Å². The summed E-state index contributed by atoms with van der Waals surface area (Å²) in [4.78, 5) is 2.39. The molecule has 0 N–H and O–H groups in total. The lowest BCUT2D eigenvalue weighted by Crippen LogP contribution is -2.17. The minimum Gasteiger partial charge on any atom is -0.310 e. The standard InChI is InChI=1S/C35H31N/c1-34-19-20-35(2,24-34)32-22-25(17-18-31(32)34)27-21-26-11-9-10-16-30(26)33(23-27)36(28-12-5-3-6-13-28)29-14-7-4-8-15-29/h3-18,21-23H,19-20,24H2,1-2H3. The first kappa shape index (κ1) is 21.4. The Morgan fingerprint density at radius 1 is 0.556 bits per heavy atom. The number of fused-ring (bicyclic) bond motifs is 6. The summed E-state index contributed by atoms with van der Waals surface area (Å²) in [5.41, 5.74) is 9.96. The molecule has 2 bridgehead atoms. The number of benzene rings is 5. The Kier molecular flexibility index (Phi) is 4.66. The summed E-state index contributed by atoms with van der Waals surface area (Å²) in [6, 6.07) is 42.3. The van der Waals surface area contributed by atoms with E-state index < -0.39 is 0 Å². The van der Waals surface area contributed by atoms with Crippen LogP contribution in [0.15, 0.2) is 115 Å². The molecular weight excluding hydrogens is 434 g/mol. The van der Waals surface area contributed by atoms with Crippen molar-refractivity contribution in [3.8, 4) is 11.1 Å². The highest BCUT2D eigenvalue weighted by Crippen LogP contribution is 2.60. The van der Waals surface area contributed by atoms with Crippen LogP contribution in [0, 0.1) is 0 Å². The normalized spacial score (nSPS) is 22.1. The molecule has 36 heavy (non-hydrogen) atoms. The van der Waals surface area contributed by atoms with Gasteiger partial charge in [0, 0.05) is 16.8 Å². The van der Waals surface area contributed by atoms with Gasteiger partial charge in [-0.3, -0.25) is 0 Å². The smallest absolute Gasteiger partial charge is 0.0546 e. The monoisotopic (exact) mass is 465 g/mol. The molecule has 2 aliphatic carbocycles. The third-order valence-electron chi connectivity index (χ3n) is 8.77. The van der Waals surface area contributed by atoms with E-state index >= 15 is 0 Å². The molecule has 7 rings (SSSR count). The van der Waals surface area contributed by atoms with Crippen LogP contribution in [0.3, 0.4) is 0 Å². The second-order valence-corrected chi connectivity index (χ2v) is 11.3. The van der Waals surface area contributed by atoms with Crippen molar-refractivity contribution in [2.45, 2.75) is 43.9 Å². The van der Waals surface area contributed by atoms with Crippen molar-refractivity contribution in [3.63, 3.8) is 0 Å². The predicted molar refractivity (Wildman–Crippen MR) is 153 cm³/mol. The van der Waals surface area contributed by atoms with Gasteiger partial charge < -0.3 is 4.90 Å². The molecule has 0 radical (unpaired) electrons. The van der Waals surface area contributed by atoms with Crippen LogP contribution in [0.25, 0.3) is 21.9 Å². The van der Waals surface area contributed by atoms with Crippen molar-refractivity contribution in [1.29, 1.82) is 0 Å². The fourth-order valence-electron chi connectivity index (χ4n) is 7.02. The molecule has 0 saturated heterocycles. The second-order valence-electron chi connectivity index (χ2n) is 11.3. The SMILES string of the molecule is CC12CCC(C)(C1)c1cc(-c3cc(N(c4ccccc4)c4ccccc4)c4ccccc4c3)ccc12. The Morgan fingerprint density at radius 3 is 1.86 bits per heavy atom.